The minimum absolute atomic E-state index is 0.00762. The van der Waals surface area contributed by atoms with Crippen LogP contribution in [-0.4, -0.2) is 36.9 Å². The van der Waals surface area contributed by atoms with E-state index in [4.69, 9.17) is 27.9 Å². The lowest BCUT2D eigenvalue weighted by Crippen LogP contribution is -2.46. The Morgan fingerprint density at radius 3 is 2.17 bits per heavy atom. The summed E-state index contributed by atoms with van der Waals surface area (Å²) >= 11 is 12.3. The first-order valence-corrected chi connectivity index (χ1v) is 12.9. The van der Waals surface area contributed by atoms with Crippen molar-refractivity contribution in [3.63, 3.8) is 0 Å². The Kier molecular flexibility index (Phi) is 10.4. The molecule has 0 aliphatic carbocycles. The van der Waals surface area contributed by atoms with E-state index in [1.807, 2.05) is 0 Å². The number of carbonyl (C=O) groups is 3. The van der Waals surface area contributed by atoms with E-state index in [0.29, 0.717) is 0 Å². The number of nitrogens with one attached hydrogen (secondary N) is 3. The zero-order valence-electron chi connectivity index (χ0n) is 22.0. The van der Waals surface area contributed by atoms with Gasteiger partial charge in [0.05, 0.1) is 26.9 Å². The standard InChI is InChI=1S/C28H24Cl2F5N3O4/c1-27(2,28(33,34)35)26(41)36-13-15-7-9-19(29)17(11-15)24(39)37-16-8-10-22(42-14-23(31)32)18(12-16)25(40)38-21-6-4-3-5-20(21)30/h3-12,23H,13-14H2,1-2H3,(H,36,41)(H,37,39)(H,38,40). The summed E-state index contributed by atoms with van der Waals surface area (Å²) in [5, 5.41) is 7.49. The molecule has 3 rings (SSSR count). The Morgan fingerprint density at radius 1 is 0.857 bits per heavy atom. The molecule has 0 aliphatic rings. The molecule has 3 aromatic carbocycles. The average molecular weight is 632 g/mol. The molecule has 0 unspecified atom stereocenters. The highest BCUT2D eigenvalue weighted by atomic mass is 35.5. The van der Waals surface area contributed by atoms with Gasteiger partial charge < -0.3 is 20.7 Å². The molecule has 0 aromatic heterocycles. The third-order valence-corrected chi connectivity index (χ3v) is 6.63. The number of amides is 3. The van der Waals surface area contributed by atoms with Crippen molar-refractivity contribution in [3.05, 3.63) is 87.4 Å². The molecule has 0 fully saturated rings. The normalized spacial score (nSPS) is 11.7. The topological polar surface area (TPSA) is 96.5 Å². The van der Waals surface area contributed by atoms with Gasteiger partial charge in [-0.05, 0) is 61.9 Å². The van der Waals surface area contributed by atoms with Gasteiger partial charge in [0, 0.05) is 12.2 Å². The van der Waals surface area contributed by atoms with Gasteiger partial charge in [0.1, 0.15) is 17.8 Å². The monoisotopic (exact) mass is 631 g/mol. The maximum Gasteiger partial charge on any atom is 0.402 e. The van der Waals surface area contributed by atoms with Crippen LogP contribution in [0, 0.1) is 5.41 Å². The van der Waals surface area contributed by atoms with Gasteiger partial charge in [0.25, 0.3) is 18.2 Å². The Bertz CT molecular complexity index is 1480. The van der Waals surface area contributed by atoms with Crippen LogP contribution in [0.15, 0.2) is 60.7 Å². The second-order valence-corrected chi connectivity index (χ2v) is 10.2. The predicted octanol–water partition coefficient (Wildman–Crippen LogP) is 7.35. The van der Waals surface area contributed by atoms with Crippen LogP contribution in [0.1, 0.15) is 40.1 Å². The molecule has 224 valence electrons. The molecule has 0 radical (unpaired) electrons. The molecule has 3 N–H and O–H groups in total. The van der Waals surface area contributed by atoms with Gasteiger partial charge in [0.15, 0.2) is 0 Å². The SMILES string of the molecule is CC(C)(C(=O)NCc1ccc(Cl)c(C(=O)Nc2ccc(OCC(F)F)c(C(=O)Nc3ccccc3Cl)c2)c1)C(F)(F)F. The minimum Gasteiger partial charge on any atom is -0.487 e. The number of benzene rings is 3. The summed E-state index contributed by atoms with van der Waals surface area (Å²) in [4.78, 5) is 38.2. The van der Waals surface area contributed by atoms with Crippen LogP contribution < -0.4 is 20.7 Å². The summed E-state index contributed by atoms with van der Waals surface area (Å²) in [6.07, 6.45) is -7.59. The molecule has 0 heterocycles. The van der Waals surface area contributed by atoms with E-state index in [9.17, 15) is 36.3 Å². The molecule has 0 saturated heterocycles. The fourth-order valence-corrected chi connectivity index (χ4v) is 3.79. The number of ether oxygens (including phenoxy) is 1. The first-order valence-electron chi connectivity index (χ1n) is 12.2. The minimum atomic E-state index is -4.77. The molecule has 0 bridgehead atoms. The van der Waals surface area contributed by atoms with Crippen molar-refractivity contribution in [3.8, 4) is 5.75 Å². The summed E-state index contributed by atoms with van der Waals surface area (Å²) in [5.74, 6) is -2.97. The Balaban J connectivity index is 1.82. The van der Waals surface area contributed by atoms with Crippen LogP contribution >= 0.6 is 23.2 Å². The molecule has 0 saturated carbocycles. The number of hydrogen-bond acceptors (Lipinski definition) is 4. The molecule has 3 aromatic rings. The Labute approximate surface area is 247 Å². The highest BCUT2D eigenvalue weighted by Crippen LogP contribution is 2.37. The van der Waals surface area contributed by atoms with Crippen LogP contribution in [0.5, 0.6) is 5.75 Å². The third-order valence-electron chi connectivity index (χ3n) is 5.97. The predicted molar refractivity (Wildman–Crippen MR) is 148 cm³/mol. The second kappa shape index (κ2) is 13.4. The molecule has 0 spiro atoms. The highest BCUT2D eigenvalue weighted by Gasteiger charge is 2.52. The molecular weight excluding hydrogens is 608 g/mol. The summed E-state index contributed by atoms with van der Waals surface area (Å²) < 4.78 is 70.1. The lowest BCUT2D eigenvalue weighted by atomic mass is 9.91. The van der Waals surface area contributed by atoms with Gasteiger partial charge >= 0.3 is 6.18 Å². The van der Waals surface area contributed by atoms with Crippen LogP contribution in [0.25, 0.3) is 0 Å². The van der Waals surface area contributed by atoms with Crippen LogP contribution in [-0.2, 0) is 11.3 Å². The van der Waals surface area contributed by atoms with Crippen molar-refractivity contribution < 1.29 is 41.1 Å². The molecule has 3 amide bonds. The van der Waals surface area contributed by atoms with E-state index >= 15 is 0 Å². The van der Waals surface area contributed by atoms with Crippen molar-refractivity contribution >= 4 is 52.3 Å². The lowest BCUT2D eigenvalue weighted by Gasteiger charge is -2.26. The zero-order valence-corrected chi connectivity index (χ0v) is 23.6. The van der Waals surface area contributed by atoms with Crippen LogP contribution in [0.4, 0.5) is 33.3 Å². The molecule has 0 aliphatic heterocycles. The third kappa shape index (κ3) is 8.10. The van der Waals surface area contributed by atoms with Gasteiger partial charge in [-0.15, -0.1) is 0 Å². The number of anilines is 2. The number of alkyl halides is 5. The van der Waals surface area contributed by atoms with Crippen molar-refractivity contribution in [2.75, 3.05) is 17.2 Å². The van der Waals surface area contributed by atoms with Crippen molar-refractivity contribution in [1.82, 2.24) is 5.32 Å². The van der Waals surface area contributed by atoms with E-state index in [1.165, 1.54) is 48.5 Å². The molecule has 7 nitrogen and oxygen atoms in total. The average Bonchev–Trinajstić information content (AvgIpc) is 2.92. The maximum absolute atomic E-state index is 13.1. The van der Waals surface area contributed by atoms with E-state index in [2.05, 4.69) is 16.0 Å². The fraction of sp³-hybridized carbons (Fsp3) is 0.250. The number of rotatable bonds is 10. The number of carbonyl (C=O) groups excluding carboxylic acids is 3. The quantitative estimate of drug-likeness (QED) is 0.204. The summed E-state index contributed by atoms with van der Waals surface area (Å²) in [7, 11) is 0. The summed E-state index contributed by atoms with van der Waals surface area (Å²) in [6, 6.07) is 14.1. The first kappa shape index (κ1) is 32.6. The first-order chi connectivity index (χ1) is 19.6. The zero-order chi connectivity index (χ0) is 31.2. The Hall–Kier alpha value is -3.90. The summed E-state index contributed by atoms with van der Waals surface area (Å²) in [5.41, 5.74) is -2.32. The molecule has 14 heteroatoms. The summed E-state index contributed by atoms with van der Waals surface area (Å²) in [6.45, 7) is 0.182. The molecular formula is C28H24Cl2F5N3O4. The van der Waals surface area contributed by atoms with Crippen molar-refractivity contribution in [2.24, 2.45) is 5.41 Å². The van der Waals surface area contributed by atoms with E-state index in [0.717, 1.165) is 13.8 Å². The molecule has 42 heavy (non-hydrogen) atoms. The van der Waals surface area contributed by atoms with Crippen LogP contribution in [0.3, 0.4) is 0 Å². The van der Waals surface area contributed by atoms with E-state index in [-0.39, 0.29) is 50.4 Å². The lowest BCUT2D eigenvalue weighted by molar-refractivity contribution is -0.211. The van der Waals surface area contributed by atoms with Gasteiger partial charge in [-0.2, -0.15) is 13.2 Å². The van der Waals surface area contributed by atoms with E-state index in [1.54, 1.807) is 12.1 Å². The second-order valence-electron chi connectivity index (χ2n) is 9.42. The molecule has 0 atom stereocenters. The smallest absolute Gasteiger partial charge is 0.402 e. The van der Waals surface area contributed by atoms with Crippen LogP contribution in [0.2, 0.25) is 10.0 Å². The Morgan fingerprint density at radius 2 is 1.52 bits per heavy atom. The van der Waals surface area contributed by atoms with Gasteiger partial charge in [-0.1, -0.05) is 41.4 Å². The number of hydrogen-bond donors (Lipinski definition) is 3. The van der Waals surface area contributed by atoms with Gasteiger partial charge in [-0.25, -0.2) is 8.78 Å². The van der Waals surface area contributed by atoms with Gasteiger partial charge in [0.2, 0.25) is 5.91 Å². The maximum atomic E-state index is 13.1. The fourth-order valence-electron chi connectivity index (χ4n) is 3.40. The van der Waals surface area contributed by atoms with E-state index < -0.39 is 42.3 Å². The number of para-hydroxylation sites is 1. The number of halogens is 7. The van der Waals surface area contributed by atoms with Crippen molar-refractivity contribution in [2.45, 2.75) is 33.0 Å². The highest BCUT2D eigenvalue weighted by molar-refractivity contribution is 6.34. The largest absolute Gasteiger partial charge is 0.487 e. The van der Waals surface area contributed by atoms with Gasteiger partial charge in [-0.3, -0.25) is 14.4 Å². The van der Waals surface area contributed by atoms with Crippen molar-refractivity contribution in [1.29, 1.82) is 0 Å².